The van der Waals surface area contributed by atoms with E-state index in [1.807, 2.05) is 12.1 Å². The molecule has 1 N–H and O–H groups in total. The molecule has 0 bridgehead atoms. The Kier molecular flexibility index (Phi) is 6.36. The minimum absolute atomic E-state index is 0.122. The van der Waals surface area contributed by atoms with Crippen molar-refractivity contribution in [1.82, 2.24) is 0 Å². The third-order valence-corrected chi connectivity index (χ3v) is 10.2. The van der Waals surface area contributed by atoms with Gasteiger partial charge in [-0.3, -0.25) is 0 Å². The normalized spacial score (nSPS) is 21.3. The summed E-state index contributed by atoms with van der Waals surface area (Å²) in [5, 5.41) is 9.24. The van der Waals surface area contributed by atoms with Gasteiger partial charge in [-0.2, -0.15) is 0 Å². The third kappa shape index (κ3) is 5.22. The fourth-order valence-electron chi connectivity index (χ4n) is 3.07. The summed E-state index contributed by atoms with van der Waals surface area (Å²) in [6, 6.07) is 7.16. The standard InChI is InChI=1S/C22H32O3Si/c1-21(2,3)26(4,5)25-22(15-9-7-6-8-10-16-22)17-18-11-13-19(14-12-18)20(23)24/h11-14H,6-9,15,17H2,1-5H3,(H,23,24). The van der Waals surface area contributed by atoms with E-state index in [9.17, 15) is 4.79 Å². The highest BCUT2D eigenvalue weighted by Crippen LogP contribution is 2.41. The molecule has 0 aromatic heterocycles. The van der Waals surface area contributed by atoms with Crippen LogP contribution in [0.25, 0.3) is 0 Å². The molecular formula is C22H32O3Si. The Morgan fingerprint density at radius 1 is 1.19 bits per heavy atom. The van der Waals surface area contributed by atoms with Crippen molar-refractivity contribution < 1.29 is 14.3 Å². The fraction of sp³-hybridized carbons (Fsp3) is 0.591. The summed E-state index contributed by atoms with van der Waals surface area (Å²) >= 11 is 0. The maximum atomic E-state index is 11.1. The predicted molar refractivity (Wildman–Crippen MR) is 109 cm³/mol. The Morgan fingerprint density at radius 2 is 1.85 bits per heavy atom. The molecule has 1 aliphatic carbocycles. The smallest absolute Gasteiger partial charge is 0.335 e. The SMILES string of the molecule is CC(C)(C)[Si](C)(C)OC1(Cc2ccc(C(=O)O)cc2)C#CCCCCC1. The van der Waals surface area contributed by atoms with Gasteiger partial charge in [-0.1, -0.05) is 45.2 Å². The Morgan fingerprint density at radius 3 is 2.42 bits per heavy atom. The van der Waals surface area contributed by atoms with Gasteiger partial charge in [0.15, 0.2) is 8.32 Å². The molecule has 0 aliphatic heterocycles. The summed E-state index contributed by atoms with van der Waals surface area (Å²) in [6.45, 7) is 11.3. The lowest BCUT2D eigenvalue weighted by molar-refractivity contribution is 0.0697. The van der Waals surface area contributed by atoms with Crippen molar-refractivity contribution in [3.05, 3.63) is 35.4 Å². The number of hydrogen-bond acceptors (Lipinski definition) is 2. The highest BCUT2D eigenvalue weighted by atomic mass is 28.4. The first-order valence-corrected chi connectivity index (χ1v) is 12.5. The highest BCUT2D eigenvalue weighted by molar-refractivity contribution is 6.74. The molecule has 0 saturated heterocycles. The summed E-state index contributed by atoms with van der Waals surface area (Å²) in [6.07, 6.45) is 6.06. The van der Waals surface area contributed by atoms with Crippen LogP contribution in [0.4, 0.5) is 0 Å². The van der Waals surface area contributed by atoms with Crippen molar-refractivity contribution in [1.29, 1.82) is 0 Å². The molecule has 2 rings (SSSR count). The molecule has 26 heavy (non-hydrogen) atoms. The average molecular weight is 373 g/mol. The fourth-order valence-corrected chi connectivity index (χ4v) is 4.58. The van der Waals surface area contributed by atoms with E-state index in [0.717, 1.165) is 31.2 Å². The summed E-state index contributed by atoms with van der Waals surface area (Å²) in [5.41, 5.74) is 0.939. The van der Waals surface area contributed by atoms with E-state index in [2.05, 4.69) is 45.7 Å². The maximum Gasteiger partial charge on any atom is 0.335 e. The second-order valence-corrected chi connectivity index (χ2v) is 13.6. The highest BCUT2D eigenvalue weighted by Gasteiger charge is 2.44. The summed E-state index contributed by atoms with van der Waals surface area (Å²) in [4.78, 5) is 11.1. The quantitative estimate of drug-likeness (QED) is 0.536. The molecule has 0 radical (unpaired) electrons. The van der Waals surface area contributed by atoms with Crippen molar-refractivity contribution >= 4 is 14.3 Å². The maximum absolute atomic E-state index is 11.1. The zero-order valence-corrected chi connectivity index (χ0v) is 17.8. The lowest BCUT2D eigenvalue weighted by Gasteiger charge is -2.44. The number of carbonyl (C=O) groups is 1. The molecule has 1 atom stereocenters. The van der Waals surface area contributed by atoms with Crippen molar-refractivity contribution in [2.75, 3.05) is 0 Å². The van der Waals surface area contributed by atoms with E-state index in [-0.39, 0.29) is 5.04 Å². The van der Waals surface area contributed by atoms with Gasteiger partial charge in [0.1, 0.15) is 5.60 Å². The number of carboxylic acids is 1. The van der Waals surface area contributed by atoms with Crippen LogP contribution in [0.15, 0.2) is 24.3 Å². The Hall–Kier alpha value is -1.57. The first-order chi connectivity index (χ1) is 12.0. The molecule has 1 aromatic carbocycles. The van der Waals surface area contributed by atoms with Gasteiger partial charge in [0.25, 0.3) is 0 Å². The molecule has 1 aliphatic rings. The van der Waals surface area contributed by atoms with Gasteiger partial charge in [-0.25, -0.2) is 4.79 Å². The topological polar surface area (TPSA) is 46.5 Å². The van der Waals surface area contributed by atoms with Crippen LogP contribution in [0.2, 0.25) is 18.1 Å². The molecule has 1 unspecified atom stereocenters. The van der Waals surface area contributed by atoms with Crippen molar-refractivity contribution in [2.24, 2.45) is 0 Å². The van der Waals surface area contributed by atoms with E-state index in [1.54, 1.807) is 12.1 Å². The van der Waals surface area contributed by atoms with Crippen LogP contribution in [0.3, 0.4) is 0 Å². The van der Waals surface area contributed by atoms with Gasteiger partial charge >= 0.3 is 5.97 Å². The molecule has 4 heteroatoms. The summed E-state index contributed by atoms with van der Waals surface area (Å²) in [5.74, 6) is 5.96. The summed E-state index contributed by atoms with van der Waals surface area (Å²) < 4.78 is 6.90. The van der Waals surface area contributed by atoms with Gasteiger partial charge in [0, 0.05) is 12.8 Å². The van der Waals surface area contributed by atoms with Gasteiger partial charge in [0.05, 0.1) is 5.56 Å². The third-order valence-electron chi connectivity index (χ3n) is 5.65. The van der Waals surface area contributed by atoms with Gasteiger partial charge < -0.3 is 9.53 Å². The first kappa shape index (κ1) is 20.7. The largest absolute Gasteiger partial charge is 0.478 e. The van der Waals surface area contributed by atoms with Gasteiger partial charge in [-0.15, -0.1) is 5.92 Å². The van der Waals surface area contributed by atoms with Crippen LogP contribution in [-0.2, 0) is 10.8 Å². The van der Waals surface area contributed by atoms with E-state index in [0.29, 0.717) is 12.0 Å². The number of benzene rings is 1. The minimum atomic E-state index is -1.98. The van der Waals surface area contributed by atoms with E-state index >= 15 is 0 Å². The molecule has 0 heterocycles. The number of hydrogen-bond donors (Lipinski definition) is 1. The molecule has 0 spiro atoms. The van der Waals surface area contributed by atoms with Crippen LogP contribution >= 0.6 is 0 Å². The second-order valence-electron chi connectivity index (χ2n) is 8.90. The van der Waals surface area contributed by atoms with Crippen molar-refractivity contribution in [3.8, 4) is 11.8 Å². The van der Waals surface area contributed by atoms with E-state index in [4.69, 9.17) is 9.53 Å². The molecule has 0 saturated carbocycles. The second kappa shape index (κ2) is 7.98. The first-order valence-electron chi connectivity index (χ1n) is 9.57. The van der Waals surface area contributed by atoms with E-state index in [1.165, 1.54) is 6.42 Å². The van der Waals surface area contributed by atoms with Crippen LogP contribution in [0.1, 0.15) is 68.8 Å². The molecular weight excluding hydrogens is 340 g/mol. The lowest BCUT2D eigenvalue weighted by Crippen LogP contribution is -2.50. The van der Waals surface area contributed by atoms with Crippen LogP contribution in [0, 0.1) is 11.8 Å². The van der Waals surface area contributed by atoms with E-state index < -0.39 is 19.9 Å². The predicted octanol–water partition coefficient (Wildman–Crippen LogP) is 5.66. The minimum Gasteiger partial charge on any atom is -0.478 e. The molecule has 3 nitrogen and oxygen atoms in total. The zero-order chi connectivity index (χ0) is 19.4. The van der Waals surface area contributed by atoms with Gasteiger partial charge in [-0.05, 0) is 55.1 Å². The average Bonchev–Trinajstić information content (AvgIpc) is 2.50. The summed E-state index contributed by atoms with van der Waals surface area (Å²) in [7, 11) is -1.98. The van der Waals surface area contributed by atoms with Crippen molar-refractivity contribution in [2.45, 2.75) is 83.0 Å². The Bertz CT molecular complexity index is 689. The number of aromatic carboxylic acids is 1. The Labute approximate surface area is 159 Å². The monoisotopic (exact) mass is 372 g/mol. The van der Waals surface area contributed by atoms with Gasteiger partial charge in [0.2, 0.25) is 0 Å². The number of rotatable bonds is 5. The number of carboxylic acid groups (broad SMARTS) is 1. The molecule has 1 aromatic rings. The van der Waals surface area contributed by atoms with Crippen LogP contribution in [0.5, 0.6) is 0 Å². The molecule has 142 valence electrons. The van der Waals surface area contributed by atoms with Crippen LogP contribution < -0.4 is 0 Å². The molecule has 0 fully saturated rings. The van der Waals surface area contributed by atoms with Crippen LogP contribution in [-0.4, -0.2) is 25.0 Å². The zero-order valence-electron chi connectivity index (χ0n) is 16.8. The van der Waals surface area contributed by atoms with Crippen molar-refractivity contribution in [3.63, 3.8) is 0 Å². The Balaban J connectivity index is 2.35. The molecule has 0 amide bonds. The lowest BCUT2D eigenvalue weighted by atomic mass is 9.88.